The number of carboxylic acid groups (broad SMARTS) is 1. The first kappa shape index (κ1) is 26.8. The zero-order chi connectivity index (χ0) is 26.1. The monoisotopic (exact) mass is 619 g/mol. The molecule has 1 aromatic carbocycles. The molecule has 2 aliphatic carbocycles. The van der Waals surface area contributed by atoms with Crippen LogP contribution < -0.4 is 5.32 Å². The van der Waals surface area contributed by atoms with Gasteiger partial charge in [0.1, 0.15) is 26.1 Å². The predicted octanol–water partition coefficient (Wildman–Crippen LogP) is 6.44. The number of carboxylic acids is 1. The van der Waals surface area contributed by atoms with Crippen LogP contribution in [0.5, 0.6) is 0 Å². The highest BCUT2D eigenvalue weighted by Crippen LogP contribution is 2.76. The summed E-state index contributed by atoms with van der Waals surface area (Å²) in [6, 6.07) is 5.29. The molecule has 1 saturated carbocycles. The van der Waals surface area contributed by atoms with Gasteiger partial charge in [-0.1, -0.05) is 58.5 Å². The quantitative estimate of drug-likeness (QED) is 0.296. The van der Waals surface area contributed by atoms with Crippen LogP contribution in [0.3, 0.4) is 0 Å². The summed E-state index contributed by atoms with van der Waals surface area (Å²) in [5.41, 5.74) is 0.775. The molecular formula is C21H12Cl6FNO5S. The highest BCUT2D eigenvalue weighted by atomic mass is 35.5. The van der Waals surface area contributed by atoms with Crippen molar-refractivity contribution in [2.24, 2.45) is 11.8 Å². The van der Waals surface area contributed by atoms with Gasteiger partial charge in [-0.2, -0.15) is 0 Å². The second-order valence-electron chi connectivity index (χ2n) is 7.76. The van der Waals surface area contributed by atoms with Gasteiger partial charge in [0.2, 0.25) is 5.91 Å². The van der Waals surface area contributed by atoms with Gasteiger partial charge in [0.25, 0.3) is 0 Å². The van der Waals surface area contributed by atoms with Crippen LogP contribution in [0.15, 0.2) is 39.7 Å². The standard InChI is InChI=1S/C21H12Cl6FNO5S/c1-34-18(33)10-9(7-2-4-8(28)5-3-7)6-35-16(10)29-15(30)11-12(17(31)32)20(25)14(23)13(22)19(11,24)21(20,26)27/h2-6,11-12H,1H3,(H,29,30)(H,31,32)/t11-,12+,19+,20+/m0/s1. The number of aliphatic carboxylic acids is 1. The van der Waals surface area contributed by atoms with Gasteiger partial charge in [0.15, 0.2) is 4.33 Å². The number of allylic oxidation sites excluding steroid dienone is 2. The van der Waals surface area contributed by atoms with Crippen molar-refractivity contribution < 1.29 is 28.6 Å². The Labute approximate surface area is 231 Å². The molecular weight excluding hydrogens is 610 g/mol. The van der Waals surface area contributed by atoms with Gasteiger partial charge in [-0.05, 0) is 17.7 Å². The van der Waals surface area contributed by atoms with Crippen molar-refractivity contribution in [2.45, 2.75) is 14.1 Å². The summed E-state index contributed by atoms with van der Waals surface area (Å²) in [6.45, 7) is 0. The van der Waals surface area contributed by atoms with E-state index in [-0.39, 0.29) is 20.6 Å². The number of halogens is 7. The Bertz CT molecular complexity index is 1300. The molecule has 35 heavy (non-hydrogen) atoms. The molecule has 2 N–H and O–H groups in total. The van der Waals surface area contributed by atoms with E-state index < -0.39 is 49.6 Å². The third kappa shape index (κ3) is 3.52. The number of ether oxygens (including phenoxy) is 1. The van der Waals surface area contributed by atoms with E-state index in [1.165, 1.54) is 24.3 Å². The van der Waals surface area contributed by atoms with E-state index in [9.17, 15) is 23.9 Å². The van der Waals surface area contributed by atoms with Crippen LogP contribution in [0.2, 0.25) is 0 Å². The van der Waals surface area contributed by atoms with E-state index in [0.29, 0.717) is 11.1 Å². The van der Waals surface area contributed by atoms with E-state index in [0.717, 1.165) is 18.4 Å². The van der Waals surface area contributed by atoms with E-state index in [4.69, 9.17) is 74.3 Å². The Hall–Kier alpha value is -1.26. The minimum absolute atomic E-state index is 0.0120. The fourth-order valence-electron chi connectivity index (χ4n) is 4.41. The first-order valence-corrected chi connectivity index (χ1v) is 12.7. The normalized spacial score (nSPS) is 28.8. The minimum atomic E-state index is -2.28. The molecule has 1 fully saturated rings. The summed E-state index contributed by atoms with van der Waals surface area (Å²) < 4.78 is 16.0. The average molecular weight is 622 g/mol. The minimum Gasteiger partial charge on any atom is -0.481 e. The van der Waals surface area contributed by atoms with Crippen LogP contribution in [0.4, 0.5) is 9.39 Å². The molecule has 186 valence electrons. The van der Waals surface area contributed by atoms with Crippen molar-refractivity contribution in [2.75, 3.05) is 12.4 Å². The summed E-state index contributed by atoms with van der Waals surface area (Å²) in [7, 11) is 1.14. The molecule has 0 radical (unpaired) electrons. The number of methoxy groups -OCH3 is 1. The molecule has 2 bridgehead atoms. The van der Waals surface area contributed by atoms with Crippen molar-refractivity contribution in [3.8, 4) is 11.1 Å². The molecule has 1 aromatic heterocycles. The van der Waals surface area contributed by atoms with Gasteiger partial charge in [0, 0.05) is 10.9 Å². The van der Waals surface area contributed by atoms with Crippen LogP contribution in [-0.4, -0.2) is 44.1 Å². The van der Waals surface area contributed by atoms with E-state index in [1.807, 2.05) is 0 Å². The van der Waals surface area contributed by atoms with Crippen LogP contribution >= 0.6 is 80.9 Å². The summed E-state index contributed by atoms with van der Waals surface area (Å²) in [5, 5.41) is 13.3. The molecule has 1 heterocycles. The van der Waals surface area contributed by atoms with Crippen LogP contribution in [0, 0.1) is 17.7 Å². The molecule has 0 saturated heterocycles. The van der Waals surface area contributed by atoms with Crippen molar-refractivity contribution in [1.29, 1.82) is 0 Å². The van der Waals surface area contributed by atoms with Gasteiger partial charge < -0.3 is 15.2 Å². The summed E-state index contributed by atoms with van der Waals surface area (Å²) >= 11 is 39.5. The topological polar surface area (TPSA) is 92.7 Å². The van der Waals surface area contributed by atoms with Crippen molar-refractivity contribution in [3.63, 3.8) is 0 Å². The van der Waals surface area contributed by atoms with Crippen LogP contribution in [0.1, 0.15) is 10.4 Å². The fraction of sp³-hybridized carbons (Fsp3) is 0.286. The highest BCUT2D eigenvalue weighted by Gasteiger charge is 2.85. The smallest absolute Gasteiger partial charge is 0.341 e. The number of fused-ring (bicyclic) bond motifs is 2. The van der Waals surface area contributed by atoms with Gasteiger partial charge >= 0.3 is 11.9 Å². The number of hydrogen-bond donors (Lipinski definition) is 2. The molecule has 6 nitrogen and oxygen atoms in total. The Kier molecular flexibility index (Phi) is 6.84. The summed E-state index contributed by atoms with van der Waals surface area (Å²) in [5.74, 6) is -7.26. The lowest BCUT2D eigenvalue weighted by molar-refractivity contribution is -0.146. The number of amides is 1. The Morgan fingerprint density at radius 3 is 2.09 bits per heavy atom. The highest BCUT2D eigenvalue weighted by molar-refractivity contribution is 7.15. The largest absolute Gasteiger partial charge is 0.481 e. The second-order valence-corrected chi connectivity index (χ2v) is 11.9. The molecule has 2 aromatic rings. The average Bonchev–Trinajstić information content (AvgIpc) is 3.30. The number of anilines is 1. The van der Waals surface area contributed by atoms with Gasteiger partial charge in [-0.25, -0.2) is 9.18 Å². The number of benzene rings is 1. The first-order valence-electron chi connectivity index (χ1n) is 9.56. The maximum atomic E-state index is 13.5. The van der Waals surface area contributed by atoms with Crippen molar-refractivity contribution >= 4 is 104 Å². The fourth-order valence-corrected chi connectivity index (χ4v) is 8.31. The maximum absolute atomic E-state index is 13.5. The number of rotatable bonds is 5. The van der Waals surface area contributed by atoms with Gasteiger partial charge in [-0.15, -0.1) is 34.5 Å². The van der Waals surface area contributed by atoms with Gasteiger partial charge in [-0.3, -0.25) is 9.59 Å². The molecule has 2 aliphatic rings. The third-order valence-electron chi connectivity index (χ3n) is 6.06. The number of alkyl halides is 4. The molecule has 14 heteroatoms. The molecule has 4 atom stereocenters. The number of esters is 1. The van der Waals surface area contributed by atoms with Crippen molar-refractivity contribution in [3.05, 3.63) is 51.1 Å². The van der Waals surface area contributed by atoms with Crippen LogP contribution in [0.25, 0.3) is 11.1 Å². The number of hydrogen-bond acceptors (Lipinski definition) is 5. The number of carbonyl (C=O) groups excluding carboxylic acids is 2. The molecule has 0 unspecified atom stereocenters. The zero-order valence-corrected chi connectivity index (χ0v) is 22.5. The predicted molar refractivity (Wildman–Crippen MR) is 135 cm³/mol. The summed E-state index contributed by atoms with van der Waals surface area (Å²) in [6.07, 6.45) is 0. The number of thiophene rings is 1. The molecule has 4 rings (SSSR count). The van der Waals surface area contributed by atoms with E-state index in [1.54, 1.807) is 5.38 Å². The lowest BCUT2D eigenvalue weighted by atomic mass is 9.81. The summed E-state index contributed by atoms with van der Waals surface area (Å²) in [4.78, 5) is 33.9. The van der Waals surface area contributed by atoms with E-state index >= 15 is 0 Å². The SMILES string of the molecule is COC(=O)c1c(-c2ccc(F)cc2)csc1NC(=O)[C@@H]1[C@H](C(=O)O)[C@@]2(Cl)C(Cl)=C(Cl)[C@@]1(Cl)C2(Cl)Cl. The van der Waals surface area contributed by atoms with Crippen LogP contribution in [-0.2, 0) is 14.3 Å². The Morgan fingerprint density at radius 2 is 1.57 bits per heavy atom. The van der Waals surface area contributed by atoms with E-state index in [2.05, 4.69) is 5.32 Å². The Balaban J connectivity index is 1.80. The zero-order valence-electron chi connectivity index (χ0n) is 17.2. The number of nitrogens with one attached hydrogen (secondary N) is 1. The molecule has 0 aliphatic heterocycles. The second kappa shape index (κ2) is 8.94. The maximum Gasteiger partial charge on any atom is 0.341 e. The lowest BCUT2D eigenvalue weighted by Crippen LogP contribution is -2.47. The lowest BCUT2D eigenvalue weighted by Gasteiger charge is -2.33. The molecule has 1 amide bonds. The third-order valence-corrected chi connectivity index (χ3v) is 11.2. The number of carbonyl (C=O) groups is 3. The Morgan fingerprint density at radius 1 is 1.03 bits per heavy atom. The molecule has 0 spiro atoms. The van der Waals surface area contributed by atoms with Gasteiger partial charge in [0.05, 0.1) is 29.0 Å². The van der Waals surface area contributed by atoms with Crippen molar-refractivity contribution in [1.82, 2.24) is 0 Å². The first-order chi connectivity index (χ1) is 16.2.